The molecule has 0 saturated heterocycles. The lowest BCUT2D eigenvalue weighted by Crippen LogP contribution is -2.13. The second-order valence-electron chi connectivity index (χ2n) is 7.50. The second-order valence-corrected chi connectivity index (χ2v) is 9.42. The lowest BCUT2D eigenvalue weighted by atomic mass is 9.86. The Morgan fingerprint density at radius 2 is 1.93 bits per heavy atom. The monoisotopic (exact) mass is 484 g/mol. The Balaban J connectivity index is 1.98. The van der Waals surface area contributed by atoms with Gasteiger partial charge in [-0.05, 0) is 41.3 Å². The van der Waals surface area contributed by atoms with Gasteiger partial charge in [-0.2, -0.15) is 5.26 Å². The van der Waals surface area contributed by atoms with E-state index in [1.807, 2.05) is 30.5 Å². The van der Waals surface area contributed by atoms with Crippen LogP contribution in [0.3, 0.4) is 0 Å². The zero-order chi connectivity index (χ0) is 19.2. The van der Waals surface area contributed by atoms with Gasteiger partial charge >= 0.3 is 0 Å². The largest absolute Gasteiger partial charge is 0.455 e. The average molecular weight is 484 g/mol. The van der Waals surface area contributed by atoms with Crippen LogP contribution in [0.15, 0.2) is 58.0 Å². The van der Waals surface area contributed by atoms with E-state index in [2.05, 4.69) is 60.2 Å². The number of hydrogen-bond donors (Lipinski definition) is 0. The Kier molecular flexibility index (Phi) is 4.65. The molecule has 0 aliphatic heterocycles. The fraction of sp³-hybridized carbons (Fsp3) is 0.182. The van der Waals surface area contributed by atoms with Gasteiger partial charge in [0.05, 0.1) is 17.3 Å². The SMILES string of the molecule is CC(C)(C)c1cc(-c2cccc3c2oc2cc(C#N)ccc23)ncc1SI. The maximum Gasteiger partial charge on any atom is 0.144 e. The summed E-state index contributed by atoms with van der Waals surface area (Å²) in [7, 11) is 1.69. The minimum absolute atomic E-state index is 0.0225. The topological polar surface area (TPSA) is 49.8 Å². The smallest absolute Gasteiger partial charge is 0.144 e. The molecule has 0 saturated carbocycles. The molecule has 0 amide bonds. The summed E-state index contributed by atoms with van der Waals surface area (Å²) in [5.74, 6) is 0. The molecule has 0 bridgehead atoms. The summed E-state index contributed by atoms with van der Waals surface area (Å²) in [5.41, 5.74) is 5.30. The first-order chi connectivity index (χ1) is 12.9. The Morgan fingerprint density at radius 1 is 1.11 bits per heavy atom. The van der Waals surface area contributed by atoms with Crippen LogP contribution in [-0.4, -0.2) is 4.98 Å². The van der Waals surface area contributed by atoms with Crippen LogP contribution >= 0.6 is 30.1 Å². The van der Waals surface area contributed by atoms with E-state index in [4.69, 9.17) is 14.7 Å². The van der Waals surface area contributed by atoms with Gasteiger partial charge in [0.15, 0.2) is 0 Å². The highest BCUT2D eigenvalue weighted by atomic mass is 127. The molecule has 0 radical (unpaired) electrons. The van der Waals surface area contributed by atoms with Crippen LogP contribution < -0.4 is 0 Å². The van der Waals surface area contributed by atoms with Gasteiger partial charge in [-0.1, -0.05) is 41.8 Å². The van der Waals surface area contributed by atoms with Crippen LogP contribution in [-0.2, 0) is 5.41 Å². The summed E-state index contributed by atoms with van der Waals surface area (Å²) in [6.45, 7) is 6.65. The normalized spacial score (nSPS) is 11.8. The maximum atomic E-state index is 9.16. The fourth-order valence-electron chi connectivity index (χ4n) is 3.31. The van der Waals surface area contributed by atoms with Crippen LogP contribution in [0.5, 0.6) is 0 Å². The summed E-state index contributed by atoms with van der Waals surface area (Å²) in [4.78, 5) is 5.89. The summed E-state index contributed by atoms with van der Waals surface area (Å²) < 4.78 is 6.16. The van der Waals surface area contributed by atoms with E-state index in [-0.39, 0.29) is 5.41 Å². The van der Waals surface area contributed by atoms with Crippen LogP contribution in [0.2, 0.25) is 0 Å². The van der Waals surface area contributed by atoms with Gasteiger partial charge in [-0.15, -0.1) is 0 Å². The Morgan fingerprint density at radius 3 is 2.63 bits per heavy atom. The molecule has 4 rings (SSSR count). The van der Waals surface area contributed by atoms with Gasteiger partial charge in [0.2, 0.25) is 0 Å². The molecule has 0 fully saturated rings. The van der Waals surface area contributed by atoms with Crippen molar-refractivity contribution in [3.05, 3.63) is 59.8 Å². The number of para-hydroxylation sites is 1. The predicted octanol–water partition coefficient (Wildman–Crippen LogP) is 7.26. The lowest BCUT2D eigenvalue weighted by Gasteiger charge is -2.22. The van der Waals surface area contributed by atoms with Crippen molar-refractivity contribution in [2.45, 2.75) is 31.1 Å². The number of furan rings is 1. The van der Waals surface area contributed by atoms with Crippen molar-refractivity contribution in [1.29, 1.82) is 5.26 Å². The van der Waals surface area contributed by atoms with Crippen molar-refractivity contribution in [3.63, 3.8) is 0 Å². The van der Waals surface area contributed by atoms with Crippen molar-refractivity contribution in [3.8, 4) is 17.3 Å². The molecular weight excluding hydrogens is 467 g/mol. The molecule has 0 aliphatic carbocycles. The number of nitrogens with zero attached hydrogens (tertiary/aromatic N) is 2. The molecule has 0 atom stereocenters. The first-order valence-electron chi connectivity index (χ1n) is 8.57. The third kappa shape index (κ3) is 3.21. The molecule has 5 heteroatoms. The number of fused-ring (bicyclic) bond motifs is 3. The molecule has 2 aromatic carbocycles. The minimum atomic E-state index is 0.0225. The number of halogens is 1. The quantitative estimate of drug-likeness (QED) is 0.281. The van der Waals surface area contributed by atoms with E-state index in [1.54, 1.807) is 15.0 Å². The average Bonchev–Trinajstić information content (AvgIpc) is 3.04. The van der Waals surface area contributed by atoms with Crippen molar-refractivity contribution in [1.82, 2.24) is 4.98 Å². The molecule has 3 nitrogen and oxygen atoms in total. The van der Waals surface area contributed by atoms with Crippen LogP contribution in [0.1, 0.15) is 31.9 Å². The Bertz CT molecular complexity index is 1210. The van der Waals surface area contributed by atoms with E-state index < -0.39 is 0 Å². The summed E-state index contributed by atoms with van der Waals surface area (Å²) in [6, 6.07) is 16.0. The van der Waals surface area contributed by atoms with E-state index in [0.717, 1.165) is 33.2 Å². The summed E-state index contributed by atoms with van der Waals surface area (Å²) >= 11 is 2.31. The highest BCUT2D eigenvalue weighted by Gasteiger charge is 2.21. The van der Waals surface area contributed by atoms with Gasteiger partial charge in [-0.25, -0.2) is 0 Å². The van der Waals surface area contributed by atoms with Crippen molar-refractivity contribution in [2.24, 2.45) is 0 Å². The number of nitriles is 1. The molecule has 2 aromatic heterocycles. The second kappa shape index (κ2) is 6.84. The van der Waals surface area contributed by atoms with Crippen molar-refractivity contribution >= 4 is 52.1 Å². The van der Waals surface area contributed by atoms with Crippen LogP contribution in [0.4, 0.5) is 0 Å². The molecule has 4 aromatic rings. The van der Waals surface area contributed by atoms with Gasteiger partial charge in [0.1, 0.15) is 11.2 Å². The molecule has 2 heterocycles. The van der Waals surface area contributed by atoms with E-state index in [0.29, 0.717) is 5.56 Å². The fourth-order valence-corrected chi connectivity index (χ4v) is 4.90. The first-order valence-corrected chi connectivity index (χ1v) is 11.9. The molecule has 0 aliphatic rings. The Hall–Kier alpha value is -2.04. The van der Waals surface area contributed by atoms with Gasteiger partial charge < -0.3 is 4.42 Å². The number of pyridine rings is 1. The lowest BCUT2D eigenvalue weighted by molar-refractivity contribution is 0.577. The highest BCUT2D eigenvalue weighted by Crippen LogP contribution is 2.40. The van der Waals surface area contributed by atoms with E-state index in [1.165, 1.54) is 10.5 Å². The highest BCUT2D eigenvalue weighted by molar-refractivity contribution is 14.2. The summed E-state index contributed by atoms with van der Waals surface area (Å²) in [5, 5.41) is 11.2. The van der Waals surface area contributed by atoms with Crippen LogP contribution in [0.25, 0.3) is 33.2 Å². The van der Waals surface area contributed by atoms with Crippen molar-refractivity contribution in [2.75, 3.05) is 0 Å². The summed E-state index contributed by atoms with van der Waals surface area (Å²) in [6.07, 6.45) is 1.95. The maximum absolute atomic E-state index is 9.16. The third-order valence-corrected chi connectivity index (χ3v) is 6.58. The van der Waals surface area contributed by atoms with Gasteiger partial charge in [0, 0.05) is 48.6 Å². The number of hydrogen-bond acceptors (Lipinski definition) is 4. The number of aromatic nitrogens is 1. The standard InChI is InChI=1S/C22H17IN2OS/c1-22(2,3)17-10-18(25-12-20(17)27-23)16-6-4-5-15-14-8-7-13(11-24)9-19(14)26-21(15)16/h4-10,12H,1-3H3. The molecule has 0 N–H and O–H groups in total. The van der Waals surface area contributed by atoms with Crippen molar-refractivity contribution < 1.29 is 4.42 Å². The zero-order valence-corrected chi connectivity index (χ0v) is 18.2. The first kappa shape index (κ1) is 18.3. The molecule has 0 unspecified atom stereocenters. The number of rotatable bonds is 2. The van der Waals surface area contributed by atoms with Gasteiger partial charge in [0.25, 0.3) is 0 Å². The molecule has 27 heavy (non-hydrogen) atoms. The van der Waals surface area contributed by atoms with E-state index >= 15 is 0 Å². The molecule has 134 valence electrons. The predicted molar refractivity (Wildman–Crippen MR) is 120 cm³/mol. The Labute approximate surface area is 174 Å². The van der Waals surface area contributed by atoms with Crippen LogP contribution in [0, 0.1) is 11.3 Å². The van der Waals surface area contributed by atoms with E-state index in [9.17, 15) is 0 Å². The molecule has 0 spiro atoms. The minimum Gasteiger partial charge on any atom is -0.455 e. The van der Waals surface area contributed by atoms with Gasteiger partial charge in [-0.3, -0.25) is 4.98 Å². The zero-order valence-electron chi connectivity index (χ0n) is 15.2. The molecular formula is C22H17IN2OS. The number of benzene rings is 2. The third-order valence-electron chi connectivity index (χ3n) is 4.66.